The third-order valence-electron chi connectivity index (χ3n) is 6.48. The molecule has 1 fully saturated rings. The number of anilines is 2. The first-order valence-corrected chi connectivity index (χ1v) is 12.5. The molecule has 2 aromatic carbocycles. The first-order chi connectivity index (χ1) is 14.9. The summed E-state index contributed by atoms with van der Waals surface area (Å²) >= 11 is 0. The summed E-state index contributed by atoms with van der Waals surface area (Å²) in [7, 11) is -3.31. The van der Waals surface area contributed by atoms with Crippen LogP contribution in [0, 0.1) is 6.92 Å². The molecule has 7 heteroatoms. The number of aromatic nitrogens is 1. The maximum atomic E-state index is 12.8. The van der Waals surface area contributed by atoms with Crippen molar-refractivity contribution in [2.45, 2.75) is 49.7 Å². The van der Waals surface area contributed by atoms with Gasteiger partial charge in [-0.25, -0.2) is 13.4 Å². The van der Waals surface area contributed by atoms with Crippen LogP contribution in [0.1, 0.15) is 30.4 Å². The van der Waals surface area contributed by atoms with Crippen molar-refractivity contribution in [1.29, 1.82) is 0 Å². The molecule has 3 aromatic rings. The van der Waals surface area contributed by atoms with Gasteiger partial charge in [0.15, 0.2) is 9.84 Å². The molecule has 0 bridgehead atoms. The highest BCUT2D eigenvalue weighted by Gasteiger charge is 2.27. The maximum absolute atomic E-state index is 12.8. The molecule has 0 amide bonds. The average Bonchev–Trinajstić information content (AvgIpc) is 3.09. The van der Waals surface area contributed by atoms with Crippen molar-refractivity contribution in [3.8, 4) is 0 Å². The minimum atomic E-state index is -3.31. The lowest BCUT2D eigenvalue weighted by Crippen LogP contribution is -2.35. The van der Waals surface area contributed by atoms with Gasteiger partial charge in [0.2, 0.25) is 0 Å². The summed E-state index contributed by atoms with van der Waals surface area (Å²) in [6.45, 7) is 3.00. The van der Waals surface area contributed by atoms with E-state index in [1.54, 1.807) is 12.1 Å². The number of nitrogens with two attached hydrogens (primary N) is 1. The normalized spacial score (nSPS) is 22.8. The van der Waals surface area contributed by atoms with Gasteiger partial charge in [-0.05, 0) is 49.9 Å². The van der Waals surface area contributed by atoms with Gasteiger partial charge < -0.3 is 16.0 Å². The molecule has 1 saturated carbocycles. The molecule has 0 saturated heterocycles. The Kier molecular flexibility index (Phi) is 5.10. The van der Waals surface area contributed by atoms with Crippen LogP contribution < -0.4 is 16.0 Å². The van der Waals surface area contributed by atoms with E-state index < -0.39 is 9.84 Å². The summed E-state index contributed by atoms with van der Waals surface area (Å²) in [5.41, 5.74) is 10.2. The van der Waals surface area contributed by atoms with Gasteiger partial charge in [0, 0.05) is 42.3 Å². The number of nitrogens with one attached hydrogen (secondary N) is 1. The SMILES string of the molecule is Cc1ccc2nc(N3CCS(=O)(=O)c4ccccc4C3)cc(N[C@@H]3CCC[C@H]3N)c2c1. The zero-order valence-corrected chi connectivity index (χ0v) is 18.5. The molecule has 2 aliphatic rings. The smallest absolute Gasteiger partial charge is 0.180 e. The van der Waals surface area contributed by atoms with Crippen LogP contribution in [0.2, 0.25) is 0 Å². The van der Waals surface area contributed by atoms with E-state index in [-0.39, 0.29) is 17.8 Å². The van der Waals surface area contributed by atoms with Crippen molar-refractivity contribution in [1.82, 2.24) is 4.98 Å². The minimum Gasteiger partial charge on any atom is -0.380 e. The molecule has 2 heterocycles. The first-order valence-electron chi connectivity index (χ1n) is 10.9. The van der Waals surface area contributed by atoms with E-state index in [1.807, 2.05) is 18.2 Å². The Hall–Kier alpha value is -2.64. The Morgan fingerprint density at radius 2 is 1.97 bits per heavy atom. The molecule has 6 nitrogen and oxygen atoms in total. The molecule has 1 aliphatic heterocycles. The van der Waals surface area contributed by atoms with Crippen molar-refractivity contribution in [2.24, 2.45) is 5.73 Å². The lowest BCUT2D eigenvalue weighted by Gasteiger charge is -2.25. The van der Waals surface area contributed by atoms with E-state index in [0.29, 0.717) is 18.0 Å². The van der Waals surface area contributed by atoms with Crippen LogP contribution in [0.25, 0.3) is 10.9 Å². The Balaban J connectivity index is 1.58. The average molecular weight is 437 g/mol. The second-order valence-electron chi connectivity index (χ2n) is 8.74. The van der Waals surface area contributed by atoms with Gasteiger partial charge >= 0.3 is 0 Å². The predicted octanol–water partition coefficient (Wildman–Crippen LogP) is 3.63. The second-order valence-corrected chi connectivity index (χ2v) is 10.8. The molecular weight excluding hydrogens is 408 g/mol. The summed E-state index contributed by atoms with van der Waals surface area (Å²) in [5.74, 6) is 0.866. The molecule has 0 unspecified atom stereocenters. The van der Waals surface area contributed by atoms with Gasteiger partial charge in [0.25, 0.3) is 0 Å². The van der Waals surface area contributed by atoms with Crippen LogP contribution in [0.15, 0.2) is 53.4 Å². The first kappa shape index (κ1) is 20.3. The van der Waals surface area contributed by atoms with Gasteiger partial charge in [-0.1, -0.05) is 29.8 Å². The number of benzene rings is 2. The number of pyridine rings is 1. The molecule has 2 atom stereocenters. The van der Waals surface area contributed by atoms with E-state index in [9.17, 15) is 8.42 Å². The van der Waals surface area contributed by atoms with Crippen LogP contribution in [-0.2, 0) is 16.4 Å². The van der Waals surface area contributed by atoms with Crippen LogP contribution in [0.3, 0.4) is 0 Å². The predicted molar refractivity (Wildman–Crippen MR) is 125 cm³/mol. The van der Waals surface area contributed by atoms with E-state index in [4.69, 9.17) is 10.7 Å². The summed E-state index contributed by atoms with van der Waals surface area (Å²) in [4.78, 5) is 7.42. The van der Waals surface area contributed by atoms with Crippen molar-refractivity contribution >= 4 is 32.2 Å². The zero-order valence-electron chi connectivity index (χ0n) is 17.7. The van der Waals surface area contributed by atoms with Crippen molar-refractivity contribution < 1.29 is 8.42 Å². The summed E-state index contributed by atoms with van der Waals surface area (Å²) in [6.07, 6.45) is 3.23. The third-order valence-corrected chi connectivity index (χ3v) is 8.27. The monoisotopic (exact) mass is 436 g/mol. The van der Waals surface area contributed by atoms with Gasteiger partial charge in [-0.3, -0.25) is 0 Å². The largest absolute Gasteiger partial charge is 0.380 e. The lowest BCUT2D eigenvalue weighted by molar-refractivity contribution is 0.596. The summed E-state index contributed by atoms with van der Waals surface area (Å²) in [6, 6.07) is 16.0. The quantitative estimate of drug-likeness (QED) is 0.652. The number of fused-ring (bicyclic) bond motifs is 2. The van der Waals surface area contributed by atoms with Crippen molar-refractivity contribution in [3.63, 3.8) is 0 Å². The molecular formula is C24H28N4O2S. The van der Waals surface area contributed by atoms with Gasteiger partial charge in [0.1, 0.15) is 5.82 Å². The zero-order chi connectivity index (χ0) is 21.6. The Labute approximate surface area is 183 Å². The van der Waals surface area contributed by atoms with E-state index in [1.165, 1.54) is 5.56 Å². The Morgan fingerprint density at radius 3 is 2.77 bits per heavy atom. The maximum Gasteiger partial charge on any atom is 0.180 e. The van der Waals surface area contributed by atoms with Gasteiger partial charge in [-0.15, -0.1) is 0 Å². The van der Waals surface area contributed by atoms with Crippen LogP contribution in [-0.4, -0.2) is 37.8 Å². The van der Waals surface area contributed by atoms with Gasteiger partial charge in [-0.2, -0.15) is 0 Å². The molecule has 1 aromatic heterocycles. The number of hydrogen-bond acceptors (Lipinski definition) is 6. The molecule has 0 radical (unpaired) electrons. The van der Waals surface area contributed by atoms with Gasteiger partial charge in [0.05, 0.1) is 16.2 Å². The highest BCUT2D eigenvalue weighted by Crippen LogP contribution is 2.33. The Bertz CT molecular complexity index is 1240. The van der Waals surface area contributed by atoms with Crippen LogP contribution in [0.5, 0.6) is 0 Å². The molecule has 5 rings (SSSR count). The van der Waals surface area contributed by atoms with Crippen molar-refractivity contribution in [3.05, 3.63) is 59.7 Å². The number of nitrogens with zero attached hydrogens (tertiary/aromatic N) is 2. The highest BCUT2D eigenvalue weighted by atomic mass is 32.2. The number of hydrogen-bond donors (Lipinski definition) is 2. The van der Waals surface area contributed by atoms with Crippen LogP contribution >= 0.6 is 0 Å². The second kappa shape index (κ2) is 7.80. The molecule has 0 spiro atoms. The number of aryl methyl sites for hydroxylation is 1. The number of sulfone groups is 1. The Morgan fingerprint density at radius 1 is 1.13 bits per heavy atom. The molecule has 3 N–H and O–H groups in total. The molecule has 162 valence electrons. The number of rotatable bonds is 3. The van der Waals surface area contributed by atoms with Crippen molar-refractivity contribution in [2.75, 3.05) is 22.5 Å². The molecule has 1 aliphatic carbocycles. The standard InChI is InChI=1S/C24H28N4O2S/c1-16-9-10-20-18(13-16)22(26-21-7-4-6-19(21)25)14-24(27-20)28-11-12-31(29,30)23-8-3-2-5-17(23)15-28/h2-3,5,8-10,13-14,19,21H,4,6-7,11-12,15,25H2,1H3,(H,26,27)/t19-,21-/m1/s1. The van der Waals surface area contributed by atoms with E-state index >= 15 is 0 Å². The molecule has 31 heavy (non-hydrogen) atoms. The third kappa shape index (κ3) is 3.88. The van der Waals surface area contributed by atoms with E-state index in [2.05, 4.69) is 35.3 Å². The summed E-state index contributed by atoms with van der Waals surface area (Å²) in [5, 5.41) is 4.76. The minimum absolute atomic E-state index is 0.0773. The topological polar surface area (TPSA) is 88.3 Å². The van der Waals surface area contributed by atoms with Crippen LogP contribution in [0.4, 0.5) is 11.5 Å². The fraction of sp³-hybridized carbons (Fsp3) is 0.375. The lowest BCUT2D eigenvalue weighted by atomic mass is 10.1. The summed E-state index contributed by atoms with van der Waals surface area (Å²) < 4.78 is 25.6. The highest BCUT2D eigenvalue weighted by molar-refractivity contribution is 7.91. The fourth-order valence-electron chi connectivity index (χ4n) is 4.73. The fourth-order valence-corrected chi connectivity index (χ4v) is 6.23. The van der Waals surface area contributed by atoms with E-state index in [0.717, 1.165) is 47.2 Å².